The molecule has 2 aromatic carbocycles. The van der Waals surface area contributed by atoms with E-state index in [9.17, 15) is 0 Å². The maximum atomic E-state index is 6.48. The summed E-state index contributed by atoms with van der Waals surface area (Å²) in [5, 5.41) is 1.58. The Balaban J connectivity index is 1.47. The first-order valence-electron chi connectivity index (χ1n) is 9.89. The van der Waals surface area contributed by atoms with E-state index < -0.39 is 0 Å². The summed E-state index contributed by atoms with van der Waals surface area (Å²) in [6.07, 6.45) is 0.103. The molecule has 0 N–H and O–H groups in total. The molecule has 6 heteroatoms. The van der Waals surface area contributed by atoms with E-state index in [0.717, 1.165) is 47.6 Å². The molecule has 1 aromatic heterocycles. The third-order valence-corrected chi connectivity index (χ3v) is 5.64. The number of aromatic nitrogens is 1. The molecule has 29 heavy (non-hydrogen) atoms. The maximum absolute atomic E-state index is 6.48. The number of nitrogens with zero attached hydrogens (tertiary/aromatic N) is 3. The van der Waals surface area contributed by atoms with Crippen molar-refractivity contribution < 1.29 is 9.47 Å². The van der Waals surface area contributed by atoms with Crippen LogP contribution >= 0.6 is 11.6 Å². The van der Waals surface area contributed by atoms with Gasteiger partial charge in [-0.3, -0.25) is 4.90 Å². The van der Waals surface area contributed by atoms with Crippen LogP contribution < -0.4 is 14.4 Å². The fourth-order valence-corrected chi connectivity index (χ4v) is 4.09. The number of hydrogen-bond donors (Lipinski definition) is 0. The van der Waals surface area contributed by atoms with Gasteiger partial charge in [0.25, 0.3) is 0 Å². The first-order chi connectivity index (χ1) is 14.1. The summed E-state index contributed by atoms with van der Waals surface area (Å²) >= 11 is 6.48. The molecule has 1 aliphatic heterocycles. The fourth-order valence-electron chi connectivity index (χ4n) is 3.88. The summed E-state index contributed by atoms with van der Waals surface area (Å²) in [7, 11) is 3.74. The number of halogens is 1. The number of pyridine rings is 1. The number of benzene rings is 2. The van der Waals surface area contributed by atoms with Gasteiger partial charge in [0.2, 0.25) is 0 Å². The van der Waals surface area contributed by atoms with Crippen LogP contribution in [0.1, 0.15) is 12.5 Å². The average Bonchev–Trinajstić information content (AvgIpc) is 2.73. The largest absolute Gasteiger partial charge is 0.497 e. The summed E-state index contributed by atoms with van der Waals surface area (Å²) in [6, 6.07) is 16.2. The van der Waals surface area contributed by atoms with Crippen LogP contribution in [0.5, 0.6) is 11.5 Å². The molecular formula is C23H26ClN3O2. The Labute approximate surface area is 176 Å². The van der Waals surface area contributed by atoms with Crippen molar-refractivity contribution in [2.75, 3.05) is 38.7 Å². The second kappa shape index (κ2) is 8.47. The molecule has 1 aliphatic rings. The standard InChI is InChI=1S/C23H26ClN3O2/c1-4-27-15-19(29-22-8-6-5-7-21(22)27)14-26(2)13-17-11-16-9-10-18(28-3)12-20(16)25-23(17)24/h5-12,19H,4,13-15H2,1-3H3. The van der Waals surface area contributed by atoms with Gasteiger partial charge in [-0.1, -0.05) is 23.7 Å². The number of rotatable bonds is 6. The molecule has 0 radical (unpaired) electrons. The Morgan fingerprint density at radius 1 is 1.24 bits per heavy atom. The number of ether oxygens (including phenoxy) is 2. The molecule has 2 heterocycles. The van der Waals surface area contributed by atoms with Crippen molar-refractivity contribution in [2.45, 2.75) is 19.6 Å². The van der Waals surface area contributed by atoms with Gasteiger partial charge in [-0.15, -0.1) is 0 Å². The van der Waals surface area contributed by atoms with Gasteiger partial charge >= 0.3 is 0 Å². The summed E-state index contributed by atoms with van der Waals surface area (Å²) in [6.45, 7) is 5.54. The molecule has 1 atom stereocenters. The number of anilines is 1. The van der Waals surface area contributed by atoms with Gasteiger partial charge in [-0.25, -0.2) is 4.98 Å². The summed E-state index contributed by atoms with van der Waals surface area (Å²) in [4.78, 5) is 9.17. The molecule has 0 fully saturated rings. The van der Waals surface area contributed by atoms with E-state index in [-0.39, 0.29) is 6.10 Å². The van der Waals surface area contributed by atoms with E-state index in [1.54, 1.807) is 7.11 Å². The Kier molecular flexibility index (Phi) is 5.79. The number of likely N-dealkylation sites (N-methyl/N-ethyl adjacent to an activating group) is 2. The van der Waals surface area contributed by atoms with Crippen molar-refractivity contribution in [2.24, 2.45) is 0 Å². The second-order valence-electron chi connectivity index (χ2n) is 7.44. The highest BCUT2D eigenvalue weighted by atomic mass is 35.5. The van der Waals surface area contributed by atoms with Crippen molar-refractivity contribution in [3.8, 4) is 11.5 Å². The number of para-hydroxylation sites is 2. The lowest BCUT2D eigenvalue weighted by molar-refractivity contribution is 0.140. The van der Waals surface area contributed by atoms with Crippen LogP contribution in [0.25, 0.3) is 10.9 Å². The molecule has 0 aliphatic carbocycles. The number of methoxy groups -OCH3 is 1. The summed E-state index contributed by atoms with van der Waals surface area (Å²) < 4.78 is 11.5. The van der Waals surface area contributed by atoms with E-state index in [1.165, 1.54) is 5.69 Å². The Bertz CT molecular complexity index is 1010. The van der Waals surface area contributed by atoms with Crippen LogP contribution in [0.3, 0.4) is 0 Å². The zero-order valence-corrected chi connectivity index (χ0v) is 17.8. The van der Waals surface area contributed by atoms with E-state index in [2.05, 4.69) is 47.0 Å². The Morgan fingerprint density at radius 2 is 2.07 bits per heavy atom. The molecule has 0 saturated carbocycles. The lowest BCUT2D eigenvalue weighted by atomic mass is 10.1. The normalized spacial score (nSPS) is 16.0. The molecule has 5 nitrogen and oxygen atoms in total. The van der Waals surface area contributed by atoms with Crippen molar-refractivity contribution in [3.63, 3.8) is 0 Å². The minimum atomic E-state index is 0.103. The van der Waals surface area contributed by atoms with Gasteiger partial charge < -0.3 is 14.4 Å². The molecule has 0 saturated heterocycles. The molecule has 4 rings (SSSR count). The minimum Gasteiger partial charge on any atom is -0.497 e. The average molecular weight is 412 g/mol. The van der Waals surface area contributed by atoms with Crippen LogP contribution in [-0.4, -0.2) is 49.8 Å². The highest BCUT2D eigenvalue weighted by Gasteiger charge is 2.25. The molecule has 0 bridgehead atoms. The van der Waals surface area contributed by atoms with Gasteiger partial charge in [0.05, 0.1) is 24.9 Å². The van der Waals surface area contributed by atoms with Crippen LogP contribution in [-0.2, 0) is 6.54 Å². The van der Waals surface area contributed by atoms with Gasteiger partial charge in [-0.05, 0) is 44.3 Å². The third-order valence-electron chi connectivity index (χ3n) is 5.31. The quantitative estimate of drug-likeness (QED) is 0.553. The van der Waals surface area contributed by atoms with Crippen LogP contribution in [0.15, 0.2) is 48.5 Å². The molecule has 0 spiro atoms. The topological polar surface area (TPSA) is 37.8 Å². The molecule has 1 unspecified atom stereocenters. The number of fused-ring (bicyclic) bond motifs is 2. The van der Waals surface area contributed by atoms with Crippen LogP contribution in [0.2, 0.25) is 5.15 Å². The fraction of sp³-hybridized carbons (Fsp3) is 0.348. The van der Waals surface area contributed by atoms with Crippen molar-refractivity contribution >= 4 is 28.2 Å². The first kappa shape index (κ1) is 19.8. The van der Waals surface area contributed by atoms with E-state index in [4.69, 9.17) is 21.1 Å². The van der Waals surface area contributed by atoms with Gasteiger partial charge in [-0.2, -0.15) is 0 Å². The van der Waals surface area contributed by atoms with Crippen molar-refractivity contribution in [3.05, 3.63) is 59.2 Å². The SMILES string of the molecule is CCN1CC(CN(C)Cc2cc3ccc(OC)cc3nc2Cl)Oc2ccccc21. The smallest absolute Gasteiger partial charge is 0.143 e. The van der Waals surface area contributed by atoms with E-state index in [1.807, 2.05) is 30.3 Å². The van der Waals surface area contributed by atoms with E-state index >= 15 is 0 Å². The minimum absolute atomic E-state index is 0.103. The van der Waals surface area contributed by atoms with Gasteiger partial charge in [0, 0.05) is 36.7 Å². The molecule has 0 amide bonds. The van der Waals surface area contributed by atoms with Crippen LogP contribution in [0, 0.1) is 0 Å². The number of hydrogen-bond acceptors (Lipinski definition) is 5. The summed E-state index contributed by atoms with van der Waals surface area (Å²) in [5.41, 5.74) is 3.02. The second-order valence-corrected chi connectivity index (χ2v) is 7.80. The van der Waals surface area contributed by atoms with Gasteiger partial charge in [0.1, 0.15) is 22.8 Å². The monoisotopic (exact) mass is 411 g/mol. The Hall–Kier alpha value is -2.50. The molecule has 152 valence electrons. The molecular weight excluding hydrogens is 386 g/mol. The lowest BCUT2D eigenvalue weighted by Crippen LogP contribution is -2.45. The highest BCUT2D eigenvalue weighted by molar-refractivity contribution is 6.30. The van der Waals surface area contributed by atoms with Gasteiger partial charge in [0.15, 0.2) is 0 Å². The van der Waals surface area contributed by atoms with Crippen molar-refractivity contribution in [1.82, 2.24) is 9.88 Å². The first-order valence-corrected chi connectivity index (χ1v) is 10.3. The third kappa shape index (κ3) is 4.26. The molecule has 3 aromatic rings. The highest BCUT2D eigenvalue weighted by Crippen LogP contribution is 2.33. The summed E-state index contributed by atoms with van der Waals surface area (Å²) in [5.74, 6) is 1.74. The zero-order valence-electron chi connectivity index (χ0n) is 17.1. The van der Waals surface area contributed by atoms with Crippen molar-refractivity contribution in [1.29, 1.82) is 0 Å². The predicted octanol–water partition coefficient (Wildman–Crippen LogP) is 4.62. The lowest BCUT2D eigenvalue weighted by Gasteiger charge is -2.37. The predicted molar refractivity (Wildman–Crippen MR) is 118 cm³/mol. The Morgan fingerprint density at radius 3 is 2.86 bits per heavy atom. The maximum Gasteiger partial charge on any atom is 0.143 e. The van der Waals surface area contributed by atoms with Crippen LogP contribution in [0.4, 0.5) is 5.69 Å². The zero-order chi connectivity index (χ0) is 20.4. The van der Waals surface area contributed by atoms with E-state index in [0.29, 0.717) is 11.7 Å².